The van der Waals surface area contributed by atoms with E-state index in [0.717, 1.165) is 25.2 Å². The normalized spacial score (nSPS) is 14.3. The Balaban J connectivity index is 1.79. The molecule has 94 valence electrons. The number of fused-ring (bicyclic) bond motifs is 1. The summed E-state index contributed by atoms with van der Waals surface area (Å²) in [5.41, 5.74) is 1.65. The van der Waals surface area contributed by atoms with Crippen LogP contribution in [0.15, 0.2) is 10.8 Å². The van der Waals surface area contributed by atoms with Gasteiger partial charge < -0.3 is 9.73 Å². The van der Waals surface area contributed by atoms with E-state index in [9.17, 15) is 4.79 Å². The van der Waals surface area contributed by atoms with E-state index in [4.69, 9.17) is 4.42 Å². The zero-order valence-corrected chi connectivity index (χ0v) is 10.6. The van der Waals surface area contributed by atoms with Crippen molar-refractivity contribution < 1.29 is 9.21 Å². The van der Waals surface area contributed by atoms with Gasteiger partial charge in [-0.15, -0.1) is 11.3 Å². The van der Waals surface area contributed by atoms with Crippen molar-refractivity contribution in [2.24, 2.45) is 0 Å². The largest absolute Gasteiger partial charge is 0.438 e. The zero-order chi connectivity index (χ0) is 12.5. The maximum absolute atomic E-state index is 11.9. The summed E-state index contributed by atoms with van der Waals surface area (Å²) in [6.45, 7) is 3.49. The number of rotatable bonds is 2. The zero-order valence-electron chi connectivity index (χ0n) is 9.82. The van der Waals surface area contributed by atoms with E-state index in [1.54, 1.807) is 6.92 Å². The lowest BCUT2D eigenvalue weighted by Crippen LogP contribution is -2.22. The SMILES string of the molecule is Cc1ncoc1C(=O)Nc1nc2c(s1)CNCC2. The van der Waals surface area contributed by atoms with E-state index in [2.05, 4.69) is 20.6 Å². The molecule has 0 saturated heterocycles. The molecule has 2 aromatic rings. The highest BCUT2D eigenvalue weighted by atomic mass is 32.1. The Hall–Kier alpha value is -1.73. The van der Waals surface area contributed by atoms with Crippen molar-refractivity contribution in [3.05, 3.63) is 28.4 Å². The molecule has 0 saturated carbocycles. The Labute approximate surface area is 107 Å². The highest BCUT2D eigenvalue weighted by Gasteiger charge is 2.19. The standard InChI is InChI=1S/C11H12N4O2S/c1-6-9(17-5-13-6)10(16)15-11-14-7-2-3-12-4-8(7)18-11/h5,12H,2-4H2,1H3,(H,14,15,16). The van der Waals surface area contributed by atoms with Crippen molar-refractivity contribution in [1.29, 1.82) is 0 Å². The predicted octanol–water partition coefficient (Wildman–Crippen LogP) is 1.34. The van der Waals surface area contributed by atoms with Gasteiger partial charge in [-0.25, -0.2) is 9.97 Å². The van der Waals surface area contributed by atoms with Crippen molar-refractivity contribution in [3.63, 3.8) is 0 Å². The molecule has 7 heteroatoms. The molecule has 0 spiro atoms. The van der Waals surface area contributed by atoms with Crippen molar-refractivity contribution in [2.45, 2.75) is 19.9 Å². The summed E-state index contributed by atoms with van der Waals surface area (Å²) in [6, 6.07) is 0. The van der Waals surface area contributed by atoms with Crippen molar-refractivity contribution >= 4 is 22.4 Å². The number of anilines is 1. The molecule has 3 rings (SSSR count). The molecular formula is C11H12N4O2S. The molecular weight excluding hydrogens is 252 g/mol. The summed E-state index contributed by atoms with van der Waals surface area (Å²) in [7, 11) is 0. The Bertz CT molecular complexity index is 566. The van der Waals surface area contributed by atoms with Crippen LogP contribution in [0.3, 0.4) is 0 Å². The maximum atomic E-state index is 11.9. The molecule has 0 aliphatic carbocycles. The molecule has 1 aliphatic rings. The fourth-order valence-corrected chi connectivity index (χ4v) is 2.83. The highest BCUT2D eigenvalue weighted by molar-refractivity contribution is 7.15. The van der Waals surface area contributed by atoms with E-state index in [0.29, 0.717) is 10.8 Å². The Kier molecular flexibility index (Phi) is 2.85. The fraction of sp³-hybridized carbons (Fsp3) is 0.364. The van der Waals surface area contributed by atoms with Gasteiger partial charge in [-0.1, -0.05) is 0 Å². The fourth-order valence-electron chi connectivity index (χ4n) is 1.85. The molecule has 6 nitrogen and oxygen atoms in total. The summed E-state index contributed by atoms with van der Waals surface area (Å²) in [5.74, 6) is -0.0645. The topological polar surface area (TPSA) is 80.1 Å². The molecule has 0 fully saturated rings. The Morgan fingerprint density at radius 3 is 3.22 bits per heavy atom. The number of aromatic nitrogens is 2. The van der Waals surface area contributed by atoms with Gasteiger partial charge in [0.15, 0.2) is 11.5 Å². The number of nitrogens with one attached hydrogen (secondary N) is 2. The lowest BCUT2D eigenvalue weighted by atomic mass is 10.2. The second-order valence-electron chi connectivity index (χ2n) is 4.04. The maximum Gasteiger partial charge on any atom is 0.295 e. The molecule has 0 radical (unpaired) electrons. The minimum Gasteiger partial charge on any atom is -0.438 e. The highest BCUT2D eigenvalue weighted by Crippen LogP contribution is 2.25. The number of aryl methyl sites for hydroxylation is 1. The number of amides is 1. The van der Waals surface area contributed by atoms with E-state index in [1.165, 1.54) is 22.6 Å². The Morgan fingerprint density at radius 2 is 2.50 bits per heavy atom. The molecule has 3 heterocycles. The number of oxazole rings is 1. The lowest BCUT2D eigenvalue weighted by Gasteiger charge is -2.09. The number of carbonyl (C=O) groups excluding carboxylic acids is 1. The quantitative estimate of drug-likeness (QED) is 0.855. The number of hydrogen-bond acceptors (Lipinski definition) is 6. The summed E-state index contributed by atoms with van der Waals surface area (Å²) in [6.07, 6.45) is 2.17. The third-order valence-corrected chi connectivity index (χ3v) is 3.79. The van der Waals surface area contributed by atoms with Crippen LogP contribution in [0.4, 0.5) is 5.13 Å². The first-order valence-corrected chi connectivity index (χ1v) is 6.46. The summed E-state index contributed by atoms with van der Waals surface area (Å²) < 4.78 is 5.04. The van der Waals surface area contributed by atoms with E-state index in [1.807, 2.05) is 0 Å². The summed E-state index contributed by atoms with van der Waals surface area (Å²) in [4.78, 5) is 21.4. The van der Waals surface area contributed by atoms with Gasteiger partial charge in [-0.05, 0) is 6.92 Å². The second kappa shape index (κ2) is 4.51. The number of thiazole rings is 1. The summed E-state index contributed by atoms with van der Waals surface area (Å²) >= 11 is 1.50. The van der Waals surface area contributed by atoms with E-state index in [-0.39, 0.29) is 11.7 Å². The average Bonchev–Trinajstić information content (AvgIpc) is 2.94. The molecule has 1 amide bonds. The van der Waals surface area contributed by atoms with Crippen molar-refractivity contribution in [3.8, 4) is 0 Å². The van der Waals surface area contributed by atoms with Crippen LogP contribution in [0.5, 0.6) is 0 Å². The Morgan fingerprint density at radius 1 is 1.61 bits per heavy atom. The van der Waals surface area contributed by atoms with Crippen LogP contribution in [-0.4, -0.2) is 22.4 Å². The van der Waals surface area contributed by atoms with Gasteiger partial charge in [0.05, 0.1) is 11.4 Å². The second-order valence-corrected chi connectivity index (χ2v) is 5.12. The first-order valence-electron chi connectivity index (χ1n) is 5.65. The predicted molar refractivity (Wildman–Crippen MR) is 66.7 cm³/mol. The van der Waals surface area contributed by atoms with Gasteiger partial charge >= 0.3 is 0 Å². The number of hydrogen-bond donors (Lipinski definition) is 2. The average molecular weight is 264 g/mol. The van der Waals surface area contributed by atoms with Gasteiger partial charge in [0.1, 0.15) is 0 Å². The lowest BCUT2D eigenvalue weighted by molar-refractivity contribution is 0.0996. The minimum absolute atomic E-state index is 0.237. The number of carbonyl (C=O) groups is 1. The van der Waals surface area contributed by atoms with Crippen LogP contribution in [0.25, 0.3) is 0 Å². The van der Waals surface area contributed by atoms with Gasteiger partial charge in [0, 0.05) is 24.4 Å². The third kappa shape index (κ3) is 2.02. The number of nitrogens with zero attached hydrogens (tertiary/aromatic N) is 2. The van der Waals surface area contributed by atoms with Crippen LogP contribution in [-0.2, 0) is 13.0 Å². The van der Waals surface area contributed by atoms with Crippen LogP contribution >= 0.6 is 11.3 Å². The smallest absolute Gasteiger partial charge is 0.295 e. The van der Waals surface area contributed by atoms with Crippen LogP contribution in [0.2, 0.25) is 0 Å². The van der Waals surface area contributed by atoms with E-state index >= 15 is 0 Å². The van der Waals surface area contributed by atoms with Crippen molar-refractivity contribution in [1.82, 2.24) is 15.3 Å². The molecule has 1 aliphatic heterocycles. The van der Waals surface area contributed by atoms with Gasteiger partial charge in [-0.3, -0.25) is 10.1 Å². The molecule has 0 atom stereocenters. The van der Waals surface area contributed by atoms with Gasteiger partial charge in [0.25, 0.3) is 5.91 Å². The molecule has 2 N–H and O–H groups in total. The molecule has 2 aromatic heterocycles. The van der Waals surface area contributed by atoms with Crippen LogP contribution in [0, 0.1) is 6.92 Å². The van der Waals surface area contributed by atoms with Gasteiger partial charge in [-0.2, -0.15) is 0 Å². The van der Waals surface area contributed by atoms with Gasteiger partial charge in [0.2, 0.25) is 5.76 Å². The third-order valence-electron chi connectivity index (χ3n) is 2.77. The molecule has 0 aromatic carbocycles. The monoisotopic (exact) mass is 264 g/mol. The first kappa shape index (κ1) is 11.4. The summed E-state index contributed by atoms with van der Waals surface area (Å²) in [5, 5.41) is 6.64. The molecule has 18 heavy (non-hydrogen) atoms. The van der Waals surface area contributed by atoms with Crippen LogP contribution < -0.4 is 10.6 Å². The van der Waals surface area contributed by atoms with E-state index < -0.39 is 0 Å². The minimum atomic E-state index is -0.302. The molecule has 0 unspecified atom stereocenters. The first-order chi connectivity index (χ1) is 8.74. The van der Waals surface area contributed by atoms with Crippen molar-refractivity contribution in [2.75, 3.05) is 11.9 Å². The van der Waals surface area contributed by atoms with Crippen LogP contribution in [0.1, 0.15) is 26.8 Å². The molecule has 0 bridgehead atoms.